The summed E-state index contributed by atoms with van der Waals surface area (Å²) >= 11 is 0. The number of hydrogen-bond donors (Lipinski definition) is 1. The maximum Gasteiger partial charge on any atom is 0.471 e. The van der Waals surface area contributed by atoms with Gasteiger partial charge in [-0.15, -0.1) is 6.42 Å². The molecule has 15 heteroatoms. The molecule has 4 fully saturated rings. The lowest BCUT2D eigenvalue weighted by molar-refractivity contribution is -0.188. The molecule has 4 aromatic rings. The van der Waals surface area contributed by atoms with E-state index in [0.29, 0.717) is 55.4 Å². The second-order valence-electron chi connectivity index (χ2n) is 15.1. The van der Waals surface area contributed by atoms with Crippen LogP contribution in [0.4, 0.5) is 27.8 Å². The molecule has 3 unspecified atom stereocenters. The third kappa shape index (κ3) is 7.07. The molecule has 4 atom stereocenters. The number of amides is 1. The summed E-state index contributed by atoms with van der Waals surface area (Å²) in [4.78, 5) is 26.4. The molecular formula is C41H44F5N5O5. The van der Waals surface area contributed by atoms with E-state index < -0.39 is 41.4 Å². The number of phenols is 1. The molecule has 1 aliphatic carbocycles. The molecule has 8 rings (SSSR count). The molecule has 2 bridgehead atoms. The molecule has 1 amide bonds. The first-order valence-electron chi connectivity index (χ1n) is 18.4. The van der Waals surface area contributed by atoms with E-state index in [1.807, 2.05) is 6.92 Å². The predicted octanol–water partition coefficient (Wildman–Crippen LogP) is 6.69. The maximum absolute atomic E-state index is 17.1. The molecule has 3 aromatic carbocycles. The lowest BCUT2D eigenvalue weighted by atomic mass is 9.93. The molecule has 298 valence electrons. The zero-order chi connectivity index (χ0) is 38.8. The highest BCUT2D eigenvalue weighted by molar-refractivity contribution is 6.04. The standard InChI is InChI=1S/C40H40F5N5O5.CH4/c1-4-22-7-6-8-23-13-26(51)14-27(32(22)23)33-29(41)15-28-35(34(33)42)46-38(55-21-39(11-12-39)20-48-18-30(53-3)31(19-48)54-5-2)47-36(28)49-16-24-9-10-25(17-49)50(24)37(52)40(43,44)45;/h1,6-8,13-15,24-25,30-31,51H,5,9-12,16-21H2,2-3H3;1H4/t24?,25?,30?,31-;/m0./s1. The average molecular weight is 782 g/mol. The number of ether oxygens (including phenoxy) is 3. The smallest absolute Gasteiger partial charge is 0.471 e. The topological polar surface area (TPSA) is 100 Å². The number of fused-ring (bicyclic) bond motifs is 4. The van der Waals surface area contributed by atoms with Gasteiger partial charge in [0.25, 0.3) is 0 Å². The van der Waals surface area contributed by atoms with Crippen LogP contribution in [0, 0.1) is 29.4 Å². The predicted molar refractivity (Wildman–Crippen MR) is 200 cm³/mol. The van der Waals surface area contributed by atoms with Gasteiger partial charge in [0.1, 0.15) is 22.9 Å². The van der Waals surface area contributed by atoms with E-state index in [2.05, 4.69) is 20.8 Å². The van der Waals surface area contributed by atoms with Gasteiger partial charge in [0, 0.05) is 73.8 Å². The van der Waals surface area contributed by atoms with Crippen LogP contribution in [-0.2, 0) is 14.3 Å². The average Bonchev–Trinajstić information content (AvgIpc) is 3.73. The molecule has 1 aromatic heterocycles. The molecule has 3 saturated heterocycles. The Labute approximate surface area is 321 Å². The van der Waals surface area contributed by atoms with E-state index in [1.54, 1.807) is 30.2 Å². The van der Waals surface area contributed by atoms with Crippen molar-refractivity contribution in [2.45, 2.75) is 70.5 Å². The highest BCUT2D eigenvalue weighted by atomic mass is 19.4. The number of carbonyl (C=O) groups excluding carboxylic acids is 1. The van der Waals surface area contributed by atoms with Crippen LogP contribution in [0.2, 0.25) is 0 Å². The largest absolute Gasteiger partial charge is 0.508 e. The number of halogens is 5. The number of benzene rings is 3. The number of methoxy groups -OCH3 is 1. The van der Waals surface area contributed by atoms with E-state index in [-0.39, 0.29) is 78.8 Å². The number of piperazine rings is 1. The summed E-state index contributed by atoms with van der Waals surface area (Å²) in [6.45, 7) is 4.70. The van der Waals surface area contributed by atoms with Gasteiger partial charge < -0.3 is 29.1 Å². The van der Waals surface area contributed by atoms with E-state index >= 15 is 8.78 Å². The first kappa shape index (κ1) is 39.5. The number of aromatic hydroxyl groups is 1. The highest BCUT2D eigenvalue weighted by Crippen LogP contribution is 2.48. The van der Waals surface area contributed by atoms with Gasteiger partial charge in [0.15, 0.2) is 5.82 Å². The Morgan fingerprint density at radius 1 is 1.05 bits per heavy atom. The van der Waals surface area contributed by atoms with Crippen molar-refractivity contribution in [3.8, 4) is 35.2 Å². The van der Waals surface area contributed by atoms with Crippen molar-refractivity contribution in [2.24, 2.45) is 5.41 Å². The fourth-order valence-corrected chi connectivity index (χ4v) is 8.76. The molecule has 4 aliphatic rings. The minimum absolute atomic E-state index is 0. The van der Waals surface area contributed by atoms with Crippen LogP contribution in [0.5, 0.6) is 11.8 Å². The van der Waals surface area contributed by atoms with Crippen LogP contribution < -0.4 is 9.64 Å². The van der Waals surface area contributed by atoms with Crippen molar-refractivity contribution in [3.05, 3.63) is 53.6 Å². The molecule has 1 saturated carbocycles. The zero-order valence-corrected chi connectivity index (χ0v) is 30.3. The molecule has 3 aliphatic heterocycles. The molecule has 1 N–H and O–H groups in total. The van der Waals surface area contributed by atoms with Crippen LogP contribution in [0.15, 0.2) is 36.4 Å². The third-order valence-corrected chi connectivity index (χ3v) is 11.5. The van der Waals surface area contributed by atoms with Crippen LogP contribution in [-0.4, -0.2) is 114 Å². The molecule has 0 spiro atoms. The number of phenolic OH excluding ortho intramolecular Hbond substituents is 1. The lowest BCUT2D eigenvalue weighted by Crippen LogP contribution is -2.59. The van der Waals surface area contributed by atoms with Crippen molar-refractivity contribution in [1.29, 1.82) is 0 Å². The van der Waals surface area contributed by atoms with E-state index in [4.69, 9.17) is 20.6 Å². The second-order valence-corrected chi connectivity index (χ2v) is 15.1. The minimum atomic E-state index is -5.04. The third-order valence-electron chi connectivity index (χ3n) is 11.5. The minimum Gasteiger partial charge on any atom is -0.508 e. The Morgan fingerprint density at radius 2 is 1.77 bits per heavy atom. The van der Waals surface area contributed by atoms with Crippen molar-refractivity contribution >= 4 is 33.4 Å². The van der Waals surface area contributed by atoms with E-state index in [1.165, 1.54) is 12.1 Å². The summed E-state index contributed by atoms with van der Waals surface area (Å²) in [5.41, 5.74) is -0.616. The Hall–Kier alpha value is -4.78. The Bertz CT molecular complexity index is 2190. The van der Waals surface area contributed by atoms with Crippen LogP contribution in [0.25, 0.3) is 32.8 Å². The Balaban J connectivity index is 0.00000480. The van der Waals surface area contributed by atoms with Gasteiger partial charge in [-0.05, 0) is 62.3 Å². The summed E-state index contributed by atoms with van der Waals surface area (Å²) in [7, 11) is 1.66. The number of aromatic nitrogens is 2. The van der Waals surface area contributed by atoms with Crippen molar-refractivity contribution in [1.82, 2.24) is 19.8 Å². The van der Waals surface area contributed by atoms with Crippen molar-refractivity contribution < 1.29 is 46.1 Å². The van der Waals surface area contributed by atoms with Crippen LogP contribution >= 0.6 is 0 Å². The molecule has 10 nitrogen and oxygen atoms in total. The fourth-order valence-electron chi connectivity index (χ4n) is 8.76. The van der Waals surface area contributed by atoms with Gasteiger partial charge in [-0.2, -0.15) is 23.1 Å². The summed E-state index contributed by atoms with van der Waals surface area (Å²) in [6, 6.07) is 7.00. The number of anilines is 1. The summed E-state index contributed by atoms with van der Waals surface area (Å²) in [5.74, 6) is -1.54. The number of rotatable bonds is 10. The Morgan fingerprint density at radius 3 is 2.41 bits per heavy atom. The van der Waals surface area contributed by atoms with E-state index in [0.717, 1.165) is 23.8 Å². The van der Waals surface area contributed by atoms with Gasteiger partial charge in [-0.3, -0.25) is 9.69 Å². The van der Waals surface area contributed by atoms with Gasteiger partial charge in [0.05, 0.1) is 36.5 Å². The normalized spacial score (nSPS) is 23.0. The maximum atomic E-state index is 17.1. The lowest BCUT2D eigenvalue weighted by Gasteiger charge is -2.42. The molecular weight excluding hydrogens is 737 g/mol. The van der Waals surface area contributed by atoms with Gasteiger partial charge >= 0.3 is 18.1 Å². The monoisotopic (exact) mass is 781 g/mol. The quantitative estimate of drug-likeness (QED) is 0.140. The number of hydrogen-bond acceptors (Lipinski definition) is 9. The first-order chi connectivity index (χ1) is 26.3. The summed E-state index contributed by atoms with van der Waals surface area (Å²) < 4.78 is 92.0. The Kier molecular flexibility index (Phi) is 10.5. The summed E-state index contributed by atoms with van der Waals surface area (Å²) in [6.07, 6.45) is 3.02. The van der Waals surface area contributed by atoms with E-state index in [9.17, 15) is 23.1 Å². The number of likely N-dealkylation sites (tertiary alicyclic amines) is 1. The van der Waals surface area contributed by atoms with Crippen molar-refractivity contribution in [2.75, 3.05) is 57.9 Å². The first-order valence-corrected chi connectivity index (χ1v) is 18.4. The second kappa shape index (κ2) is 14.9. The molecule has 56 heavy (non-hydrogen) atoms. The highest BCUT2D eigenvalue weighted by Gasteiger charge is 2.52. The van der Waals surface area contributed by atoms with Crippen molar-refractivity contribution in [3.63, 3.8) is 0 Å². The van der Waals surface area contributed by atoms with Crippen LogP contribution in [0.3, 0.4) is 0 Å². The molecule has 4 heterocycles. The van der Waals surface area contributed by atoms with Gasteiger partial charge in [0.2, 0.25) is 0 Å². The number of terminal acetylenes is 1. The zero-order valence-electron chi connectivity index (χ0n) is 30.3. The fraction of sp³-hybridized carbons (Fsp3) is 0.488. The SMILES string of the molecule is C.C#Cc1cccc2cc(O)cc(-c3c(F)cc4c(N5CC6CCC(C5)N6C(=O)C(F)(F)F)nc(OCC5(CN6CC(OC)[C@@H](OCC)C6)CC5)nc4c3F)c12. The summed E-state index contributed by atoms with van der Waals surface area (Å²) in [5, 5.41) is 11.4. The van der Waals surface area contributed by atoms with Gasteiger partial charge in [-0.1, -0.05) is 25.5 Å². The van der Waals surface area contributed by atoms with Gasteiger partial charge in [-0.25, -0.2) is 8.78 Å². The molecule has 0 radical (unpaired) electrons. The van der Waals surface area contributed by atoms with Crippen LogP contribution in [0.1, 0.15) is 45.6 Å². The number of carbonyl (C=O) groups is 1. The number of alkyl halides is 3. The number of nitrogens with zero attached hydrogens (tertiary/aromatic N) is 5.